The van der Waals surface area contributed by atoms with Crippen LogP contribution in [-0.4, -0.2) is 65.2 Å². The number of H-pyrrole nitrogens is 1. The molecule has 0 amide bonds. The van der Waals surface area contributed by atoms with Gasteiger partial charge in [0.15, 0.2) is 5.65 Å². The summed E-state index contributed by atoms with van der Waals surface area (Å²) in [5, 5.41) is 20.7. The van der Waals surface area contributed by atoms with Crippen LogP contribution in [0, 0.1) is 0 Å². The average molecular weight is 294 g/mol. The number of anilines is 2. The van der Waals surface area contributed by atoms with Crippen molar-refractivity contribution in [2.75, 3.05) is 44.1 Å². The van der Waals surface area contributed by atoms with Crippen molar-refractivity contribution in [3.8, 4) is 0 Å². The number of nitrogens with zero attached hydrogens (tertiary/aromatic N) is 4. The summed E-state index contributed by atoms with van der Waals surface area (Å²) in [4.78, 5) is 10.8. The standard InChI is InChI=1S/C13H22N6O2/c1-4-5-14-13-16-11-10(6-15-18-11)12(17-13)19(2)7-9(20)8-21-3/h6,9,20H,4-5,7-8H2,1-3H3,(H2,14,15,16,17,18). The number of hydrogen-bond donors (Lipinski definition) is 3. The third kappa shape index (κ3) is 3.79. The Morgan fingerprint density at radius 3 is 3.00 bits per heavy atom. The van der Waals surface area contributed by atoms with Gasteiger partial charge in [0.05, 0.1) is 24.3 Å². The minimum absolute atomic E-state index is 0.283. The first-order valence-corrected chi connectivity index (χ1v) is 6.98. The van der Waals surface area contributed by atoms with Crippen molar-refractivity contribution in [3.05, 3.63) is 6.20 Å². The van der Waals surface area contributed by atoms with Crippen LogP contribution in [0.25, 0.3) is 11.0 Å². The maximum atomic E-state index is 9.87. The maximum Gasteiger partial charge on any atom is 0.226 e. The number of nitrogens with one attached hydrogen (secondary N) is 2. The van der Waals surface area contributed by atoms with E-state index >= 15 is 0 Å². The minimum Gasteiger partial charge on any atom is -0.389 e. The predicted molar refractivity (Wildman–Crippen MR) is 81.6 cm³/mol. The first-order valence-electron chi connectivity index (χ1n) is 6.98. The van der Waals surface area contributed by atoms with E-state index in [-0.39, 0.29) is 6.61 Å². The molecule has 0 fully saturated rings. The summed E-state index contributed by atoms with van der Waals surface area (Å²) >= 11 is 0. The highest BCUT2D eigenvalue weighted by atomic mass is 16.5. The van der Waals surface area contributed by atoms with Crippen LogP contribution < -0.4 is 10.2 Å². The normalized spacial score (nSPS) is 12.6. The topological polar surface area (TPSA) is 99.2 Å². The highest BCUT2D eigenvalue weighted by molar-refractivity contribution is 5.87. The second-order valence-electron chi connectivity index (χ2n) is 4.92. The van der Waals surface area contributed by atoms with E-state index in [4.69, 9.17) is 4.74 Å². The van der Waals surface area contributed by atoms with Gasteiger partial charge in [-0.25, -0.2) is 0 Å². The van der Waals surface area contributed by atoms with Gasteiger partial charge in [0.2, 0.25) is 5.95 Å². The molecule has 0 aliphatic rings. The van der Waals surface area contributed by atoms with E-state index in [1.54, 1.807) is 13.3 Å². The van der Waals surface area contributed by atoms with Crippen molar-refractivity contribution in [2.45, 2.75) is 19.4 Å². The zero-order chi connectivity index (χ0) is 15.2. The summed E-state index contributed by atoms with van der Waals surface area (Å²) < 4.78 is 4.95. The smallest absolute Gasteiger partial charge is 0.226 e. The van der Waals surface area contributed by atoms with Gasteiger partial charge in [-0.05, 0) is 6.42 Å². The van der Waals surface area contributed by atoms with Crippen molar-refractivity contribution in [1.29, 1.82) is 0 Å². The number of hydrogen-bond acceptors (Lipinski definition) is 7. The first kappa shape index (κ1) is 15.5. The maximum absolute atomic E-state index is 9.87. The monoisotopic (exact) mass is 294 g/mol. The van der Waals surface area contributed by atoms with E-state index < -0.39 is 6.10 Å². The number of fused-ring (bicyclic) bond motifs is 1. The minimum atomic E-state index is -0.580. The molecule has 2 rings (SSSR count). The van der Waals surface area contributed by atoms with Gasteiger partial charge in [-0.2, -0.15) is 15.1 Å². The van der Waals surface area contributed by atoms with Crippen molar-refractivity contribution < 1.29 is 9.84 Å². The van der Waals surface area contributed by atoms with Gasteiger partial charge in [-0.15, -0.1) is 0 Å². The number of likely N-dealkylation sites (N-methyl/N-ethyl adjacent to an activating group) is 1. The Hall–Kier alpha value is -1.93. The highest BCUT2D eigenvalue weighted by Gasteiger charge is 2.15. The molecule has 21 heavy (non-hydrogen) atoms. The lowest BCUT2D eigenvalue weighted by Crippen LogP contribution is -2.32. The van der Waals surface area contributed by atoms with Crippen LogP contribution in [0.1, 0.15) is 13.3 Å². The molecule has 0 saturated heterocycles. The molecule has 0 aliphatic carbocycles. The molecule has 1 unspecified atom stereocenters. The highest BCUT2D eigenvalue weighted by Crippen LogP contribution is 2.23. The van der Waals surface area contributed by atoms with Gasteiger partial charge in [0.1, 0.15) is 5.82 Å². The number of aliphatic hydroxyl groups excluding tert-OH is 1. The van der Waals surface area contributed by atoms with E-state index in [2.05, 4.69) is 32.4 Å². The molecule has 2 aromatic heterocycles. The lowest BCUT2D eigenvalue weighted by Gasteiger charge is -2.22. The van der Waals surface area contributed by atoms with Crippen molar-refractivity contribution in [2.24, 2.45) is 0 Å². The molecular weight excluding hydrogens is 272 g/mol. The molecule has 8 heteroatoms. The number of methoxy groups -OCH3 is 1. The molecule has 0 spiro atoms. The van der Waals surface area contributed by atoms with Crippen molar-refractivity contribution >= 4 is 22.8 Å². The number of aromatic nitrogens is 4. The van der Waals surface area contributed by atoms with Crippen LogP contribution in [0.2, 0.25) is 0 Å². The summed E-state index contributed by atoms with van der Waals surface area (Å²) in [6.07, 6.45) is 2.10. The largest absolute Gasteiger partial charge is 0.389 e. The third-order valence-electron chi connectivity index (χ3n) is 3.03. The predicted octanol–water partition coefficient (Wildman–Crippen LogP) is 0.618. The zero-order valence-electron chi connectivity index (χ0n) is 12.6. The van der Waals surface area contributed by atoms with Crippen molar-refractivity contribution in [3.63, 3.8) is 0 Å². The van der Waals surface area contributed by atoms with Gasteiger partial charge < -0.3 is 20.1 Å². The molecular formula is C13H22N6O2. The molecule has 0 bridgehead atoms. The van der Waals surface area contributed by atoms with Crippen LogP contribution in [0.4, 0.5) is 11.8 Å². The summed E-state index contributed by atoms with van der Waals surface area (Å²) in [5.41, 5.74) is 0.673. The molecule has 0 aliphatic heterocycles. The van der Waals surface area contributed by atoms with E-state index in [0.717, 1.165) is 24.2 Å². The van der Waals surface area contributed by atoms with Gasteiger partial charge in [-0.1, -0.05) is 6.92 Å². The summed E-state index contributed by atoms with van der Waals surface area (Å²) in [6.45, 7) is 3.58. The molecule has 0 radical (unpaired) electrons. The molecule has 3 N–H and O–H groups in total. The quantitative estimate of drug-likeness (QED) is 0.656. The van der Waals surface area contributed by atoms with Crippen LogP contribution in [0.5, 0.6) is 0 Å². The van der Waals surface area contributed by atoms with Crippen LogP contribution >= 0.6 is 0 Å². The fourth-order valence-electron chi connectivity index (χ4n) is 2.07. The number of ether oxygens (including phenoxy) is 1. The first-order chi connectivity index (χ1) is 10.2. The zero-order valence-corrected chi connectivity index (χ0v) is 12.6. The summed E-state index contributed by atoms with van der Waals surface area (Å²) in [7, 11) is 3.44. The molecule has 0 aromatic carbocycles. The Morgan fingerprint density at radius 2 is 2.29 bits per heavy atom. The van der Waals surface area contributed by atoms with Crippen LogP contribution in [0.15, 0.2) is 6.20 Å². The Kier molecular flexibility index (Phi) is 5.29. The van der Waals surface area contributed by atoms with Crippen molar-refractivity contribution in [1.82, 2.24) is 20.2 Å². The van der Waals surface area contributed by atoms with Gasteiger partial charge >= 0.3 is 0 Å². The van der Waals surface area contributed by atoms with E-state index in [0.29, 0.717) is 18.1 Å². The molecule has 1 atom stereocenters. The lowest BCUT2D eigenvalue weighted by molar-refractivity contribution is 0.0694. The van der Waals surface area contributed by atoms with Gasteiger partial charge in [0, 0.05) is 27.2 Å². The summed E-state index contributed by atoms with van der Waals surface area (Å²) in [6, 6.07) is 0. The van der Waals surface area contributed by atoms with E-state index in [1.807, 2.05) is 11.9 Å². The Labute approximate surface area is 123 Å². The molecule has 8 nitrogen and oxygen atoms in total. The SMILES string of the molecule is CCCNc1nc(N(C)CC(O)COC)c2cn[nH]c2n1. The average Bonchev–Trinajstić information content (AvgIpc) is 2.92. The van der Waals surface area contributed by atoms with E-state index in [1.165, 1.54) is 0 Å². The van der Waals surface area contributed by atoms with Gasteiger partial charge in [-0.3, -0.25) is 5.10 Å². The molecule has 116 valence electrons. The fraction of sp³-hybridized carbons (Fsp3) is 0.615. The lowest BCUT2D eigenvalue weighted by atomic mass is 10.3. The van der Waals surface area contributed by atoms with Gasteiger partial charge in [0.25, 0.3) is 0 Å². The van der Waals surface area contributed by atoms with Crippen LogP contribution in [0.3, 0.4) is 0 Å². The molecule has 2 aromatic rings. The Morgan fingerprint density at radius 1 is 1.48 bits per heavy atom. The second kappa shape index (κ2) is 7.19. The summed E-state index contributed by atoms with van der Waals surface area (Å²) in [5.74, 6) is 1.28. The number of rotatable bonds is 8. The number of aliphatic hydroxyl groups is 1. The molecule has 2 heterocycles. The Bertz CT molecular complexity index is 573. The number of aromatic amines is 1. The second-order valence-corrected chi connectivity index (χ2v) is 4.92. The third-order valence-corrected chi connectivity index (χ3v) is 3.03. The Balaban J connectivity index is 2.25. The van der Waals surface area contributed by atoms with Crippen LogP contribution in [-0.2, 0) is 4.74 Å². The molecule has 0 saturated carbocycles. The fourth-order valence-corrected chi connectivity index (χ4v) is 2.07. The van der Waals surface area contributed by atoms with E-state index in [9.17, 15) is 5.11 Å².